The standard InChI is InChI=1S/C6H5N3.C3H6N4S.C3H4N2S.C2H5N5.2C2H4N4S.C2H4N4.C2H3N3S/c1-2-4-6-5(3-1)7-9-8-6;1-8-3-5-2(4)6-7-3;6-3-4-1-2-5-3;3-1-5-2(4)7-6-1;3-6-1-4-5-2(6)7;3-1-4-2(7)6-5-1;3-2-4-1-5-6-2;6-2-3-1-4-5-2/h1-4H,(H,7,8,9);1H3,(H3,4,5,6,7);1H,2H2,(H,5,6);(H5,3,4,5,6,7);1H,3H2,(H,5,7);(H4,3,4,5,6,7);1H,(H3,3,4,5,6);1H,(H2,3,4,5,6). The zero-order valence-electron chi connectivity index (χ0n) is 28.6. The monoisotopic (exact) mass is 865 g/mol. The number of thioether (sulfide) groups is 1. The van der Waals surface area contributed by atoms with E-state index in [-0.39, 0.29) is 11.9 Å². The van der Waals surface area contributed by atoms with Crippen LogP contribution in [0.15, 0.2) is 53.4 Å². The molecule has 0 amide bonds. The van der Waals surface area contributed by atoms with Crippen molar-refractivity contribution in [2.24, 2.45) is 4.99 Å². The molecule has 7 aromatic heterocycles. The van der Waals surface area contributed by atoms with Crippen molar-refractivity contribution in [3.63, 3.8) is 0 Å². The van der Waals surface area contributed by atoms with Crippen molar-refractivity contribution in [2.75, 3.05) is 47.3 Å². The highest BCUT2D eigenvalue weighted by molar-refractivity contribution is 7.98. The second-order valence-electron chi connectivity index (χ2n) is 8.92. The fraction of sp³-hybridized carbons (Fsp3) is 0.0909. The average Bonchev–Trinajstić information content (AvgIpc) is 4.02. The first-order valence-electron chi connectivity index (χ1n) is 14.5. The molecule has 298 valence electrons. The van der Waals surface area contributed by atoms with Gasteiger partial charge < -0.3 is 39.8 Å². The number of fused-ring (bicyclic) bond motifs is 1. The number of hydrogen-bond acceptors (Lipinski definition) is 22. The van der Waals surface area contributed by atoms with E-state index in [1.165, 1.54) is 35.4 Å². The summed E-state index contributed by atoms with van der Waals surface area (Å²) in [6.07, 6.45) is 7.91. The molecule has 29 nitrogen and oxygen atoms in total. The number of thiocarbonyl (C=S) groups is 1. The Kier molecular flexibility index (Phi) is 20.7. The number of aromatic nitrogens is 21. The number of nitrogens with zero attached hydrogens (tertiary/aromatic N) is 13. The highest BCUT2D eigenvalue weighted by atomic mass is 32.2. The summed E-state index contributed by atoms with van der Waals surface area (Å²) in [6, 6.07) is 7.70. The number of benzene rings is 1. The summed E-state index contributed by atoms with van der Waals surface area (Å²) in [5.74, 6) is 6.63. The van der Waals surface area contributed by atoms with Crippen LogP contribution in [0.5, 0.6) is 0 Å². The Hall–Kier alpha value is -7.17. The summed E-state index contributed by atoms with van der Waals surface area (Å²) in [4.78, 5) is 21.8. The number of nitrogens with one attached hydrogen (secondary N) is 10. The van der Waals surface area contributed by atoms with Crippen molar-refractivity contribution < 1.29 is 0 Å². The lowest BCUT2D eigenvalue weighted by Crippen LogP contribution is -2.12. The minimum absolute atomic E-state index is 0.178. The number of para-hydroxylation sites is 2. The van der Waals surface area contributed by atoms with E-state index in [4.69, 9.17) is 34.5 Å². The van der Waals surface area contributed by atoms with E-state index < -0.39 is 0 Å². The highest BCUT2D eigenvalue weighted by Gasteiger charge is 1.94. The Bertz CT molecular complexity index is 2340. The van der Waals surface area contributed by atoms with Gasteiger partial charge in [-0.15, -0.1) is 10.2 Å². The fourth-order valence-electron chi connectivity index (χ4n) is 2.70. The molecular formula is C22H35N29S5. The molecule has 0 bridgehead atoms. The van der Waals surface area contributed by atoms with E-state index in [0.717, 1.165) is 17.6 Å². The van der Waals surface area contributed by atoms with Crippen molar-refractivity contribution in [2.45, 2.75) is 5.16 Å². The summed E-state index contributed by atoms with van der Waals surface area (Å²) in [6.45, 7) is 0.804. The topological polar surface area (TPSA) is 469 Å². The Morgan fingerprint density at radius 2 is 1.41 bits per heavy atom. The van der Waals surface area contributed by atoms with Crippen LogP contribution in [0.25, 0.3) is 11.0 Å². The van der Waals surface area contributed by atoms with Gasteiger partial charge in [0.2, 0.25) is 49.2 Å². The smallest absolute Gasteiger partial charge is 0.241 e. The van der Waals surface area contributed by atoms with Gasteiger partial charge in [-0.3, -0.25) is 25.5 Å². The van der Waals surface area contributed by atoms with Gasteiger partial charge in [0.25, 0.3) is 0 Å². The van der Waals surface area contributed by atoms with Crippen molar-refractivity contribution >= 4 is 113 Å². The van der Waals surface area contributed by atoms with Crippen molar-refractivity contribution in [1.82, 2.24) is 112 Å². The number of rotatable bonds is 1. The number of nitrogens with two attached hydrogens (primary N) is 6. The Morgan fingerprint density at radius 1 is 0.714 bits per heavy atom. The lowest BCUT2D eigenvalue weighted by molar-refractivity contribution is 0.959. The Balaban J connectivity index is 0.000000222. The largest absolute Gasteiger partial charge is 0.368 e. The van der Waals surface area contributed by atoms with Crippen LogP contribution in [-0.4, -0.2) is 130 Å². The predicted molar refractivity (Wildman–Crippen MR) is 221 cm³/mol. The van der Waals surface area contributed by atoms with Gasteiger partial charge in [0.05, 0.1) is 6.54 Å². The van der Waals surface area contributed by atoms with E-state index in [0.29, 0.717) is 42.4 Å². The molecule has 1 aliphatic rings. The number of aliphatic imine (C=N–C) groups is 1. The van der Waals surface area contributed by atoms with Gasteiger partial charge in [-0.05, 0) is 67.3 Å². The van der Waals surface area contributed by atoms with Gasteiger partial charge in [0, 0.05) is 6.21 Å². The lowest BCUT2D eigenvalue weighted by atomic mass is 10.3. The van der Waals surface area contributed by atoms with Crippen LogP contribution in [0.3, 0.4) is 0 Å². The van der Waals surface area contributed by atoms with Crippen LogP contribution in [0.4, 0.5) is 29.7 Å². The molecule has 8 heterocycles. The van der Waals surface area contributed by atoms with E-state index >= 15 is 0 Å². The molecule has 22 N–H and O–H groups in total. The van der Waals surface area contributed by atoms with Gasteiger partial charge in [-0.2, -0.15) is 40.6 Å². The summed E-state index contributed by atoms with van der Waals surface area (Å²) in [5.41, 5.74) is 27.3. The van der Waals surface area contributed by atoms with Crippen LogP contribution in [0.1, 0.15) is 0 Å². The second-order valence-corrected chi connectivity index (χ2v) is 11.2. The maximum Gasteiger partial charge on any atom is 0.241 e. The quantitative estimate of drug-likeness (QED) is 0.0564. The van der Waals surface area contributed by atoms with Crippen LogP contribution >= 0.6 is 60.6 Å². The molecule has 1 aliphatic heterocycles. The van der Waals surface area contributed by atoms with E-state index in [9.17, 15) is 0 Å². The molecule has 9 rings (SSSR count). The zero-order valence-corrected chi connectivity index (χ0v) is 32.7. The minimum Gasteiger partial charge on any atom is -0.368 e. The average molecular weight is 866 g/mol. The highest BCUT2D eigenvalue weighted by Crippen LogP contribution is 2.06. The fourth-order valence-corrected chi connectivity index (χ4v) is 3.55. The molecular weight excluding hydrogens is 831 g/mol. The van der Waals surface area contributed by atoms with E-state index in [2.05, 4.69) is 161 Å². The molecule has 0 radical (unpaired) electrons. The molecule has 8 aromatic rings. The molecule has 34 heteroatoms. The number of aromatic amines is 9. The third-order valence-corrected chi connectivity index (χ3v) is 6.42. The van der Waals surface area contributed by atoms with Crippen molar-refractivity contribution in [3.05, 3.63) is 57.6 Å². The molecule has 0 unspecified atom stereocenters. The SMILES string of the molecule is CSc1n[nH]c(N)n1.Nc1n[nH]c(N)n1.Nc1nc(=S)[nH][nH]1.Nc1ncn[nH]1.Nn1cn[nH]c1=S.S=C1N=CCN1.S=c1nc[nH][nH]1.c1ccc2n[nH]nc2c1. The van der Waals surface area contributed by atoms with Gasteiger partial charge in [-0.25, -0.2) is 34.9 Å². The molecule has 1 aromatic carbocycles. The van der Waals surface area contributed by atoms with E-state index in [1.54, 1.807) is 6.21 Å². The molecule has 56 heavy (non-hydrogen) atoms. The number of nitrogen functional groups attached to an aromatic ring is 6. The number of anilines is 5. The van der Waals surface area contributed by atoms with Crippen LogP contribution < -0.4 is 39.8 Å². The van der Waals surface area contributed by atoms with Crippen LogP contribution in [-0.2, 0) is 0 Å². The summed E-state index contributed by atoms with van der Waals surface area (Å²) in [5, 5.41) is 48.5. The molecule has 0 fully saturated rings. The predicted octanol–water partition coefficient (Wildman–Crippen LogP) is -0.461. The van der Waals surface area contributed by atoms with E-state index in [1.807, 2.05) is 30.5 Å². The van der Waals surface area contributed by atoms with Gasteiger partial charge in [0.1, 0.15) is 30.0 Å². The van der Waals surface area contributed by atoms with Gasteiger partial charge in [-0.1, -0.05) is 23.9 Å². The van der Waals surface area contributed by atoms with Crippen LogP contribution in [0.2, 0.25) is 0 Å². The third kappa shape index (κ3) is 20.2. The summed E-state index contributed by atoms with van der Waals surface area (Å²) >= 11 is 19.8. The number of H-pyrrole nitrogens is 9. The van der Waals surface area contributed by atoms with Gasteiger partial charge in [0.15, 0.2) is 5.11 Å². The minimum atomic E-state index is 0.178. The van der Waals surface area contributed by atoms with Crippen molar-refractivity contribution in [3.8, 4) is 0 Å². The summed E-state index contributed by atoms with van der Waals surface area (Å²) in [7, 11) is 0. The lowest BCUT2D eigenvalue weighted by Gasteiger charge is -1.82. The first-order valence-corrected chi connectivity index (χ1v) is 17.4. The maximum absolute atomic E-state index is 5.21. The zero-order chi connectivity index (χ0) is 41.1. The molecule has 0 aliphatic carbocycles. The van der Waals surface area contributed by atoms with Gasteiger partial charge >= 0.3 is 0 Å². The van der Waals surface area contributed by atoms with Crippen LogP contribution in [0, 0.1) is 14.3 Å². The Labute approximate surface area is 337 Å². The Morgan fingerprint density at radius 3 is 1.64 bits per heavy atom. The number of hydrogen-bond donors (Lipinski definition) is 16. The molecule has 0 atom stereocenters. The first-order chi connectivity index (χ1) is 26.9. The molecule has 0 spiro atoms. The molecule has 0 saturated carbocycles. The first kappa shape index (κ1) is 45.0. The molecule has 0 saturated heterocycles. The normalized spacial score (nSPS) is 10.3. The maximum atomic E-state index is 5.21. The van der Waals surface area contributed by atoms with Crippen molar-refractivity contribution in [1.29, 1.82) is 0 Å². The second kappa shape index (κ2) is 25.7. The third-order valence-electron chi connectivity index (χ3n) is 4.92. The summed E-state index contributed by atoms with van der Waals surface area (Å²) < 4.78 is 2.54.